The average molecular weight is 505 g/mol. The SMILES string of the molecule is COc1ccc(COC[C@H](C)[C@@H](O[Si](C)(C)C(C)(C)C)[C@@H](C)/C=C/I)cc1. The van der Waals surface area contributed by atoms with Gasteiger partial charge in [0, 0.05) is 11.8 Å². The summed E-state index contributed by atoms with van der Waals surface area (Å²) in [6.45, 7) is 17.3. The third-order valence-electron chi connectivity index (χ3n) is 5.50. The molecule has 3 nitrogen and oxygen atoms in total. The third-order valence-corrected chi connectivity index (χ3v) is 10.4. The van der Waals surface area contributed by atoms with Crippen LogP contribution in [0.4, 0.5) is 0 Å². The summed E-state index contributed by atoms with van der Waals surface area (Å²) in [5.74, 6) is 1.55. The standard InChI is InChI=1S/C22H37IO3Si/c1-17(13-14-23)21(26-27(7,8)22(3,4)5)18(2)15-25-16-19-9-11-20(24-6)12-10-19/h9-14,17-18,21H,15-16H2,1-8H3/b14-13+/t17-,18-,21-/m0/s1. The topological polar surface area (TPSA) is 27.7 Å². The first-order valence-corrected chi connectivity index (χ1v) is 13.8. The van der Waals surface area contributed by atoms with E-state index in [-0.39, 0.29) is 11.1 Å². The van der Waals surface area contributed by atoms with Crippen molar-refractivity contribution in [3.05, 3.63) is 40.0 Å². The minimum absolute atomic E-state index is 0.160. The van der Waals surface area contributed by atoms with E-state index in [0.29, 0.717) is 25.0 Å². The lowest BCUT2D eigenvalue weighted by Gasteiger charge is -2.42. The van der Waals surface area contributed by atoms with Gasteiger partial charge in [-0.1, -0.05) is 75.4 Å². The van der Waals surface area contributed by atoms with Gasteiger partial charge in [-0.05, 0) is 39.9 Å². The summed E-state index contributed by atoms with van der Waals surface area (Å²) in [7, 11) is -0.160. The van der Waals surface area contributed by atoms with E-state index >= 15 is 0 Å². The minimum Gasteiger partial charge on any atom is -0.497 e. The highest BCUT2D eigenvalue weighted by Gasteiger charge is 2.41. The van der Waals surface area contributed by atoms with Gasteiger partial charge in [-0.25, -0.2) is 0 Å². The molecule has 0 bridgehead atoms. The predicted octanol–water partition coefficient (Wildman–Crippen LogP) is 6.82. The molecule has 1 aromatic rings. The molecule has 0 radical (unpaired) electrons. The second-order valence-corrected chi connectivity index (χ2v) is 14.3. The zero-order chi connectivity index (χ0) is 20.7. The van der Waals surface area contributed by atoms with Crippen molar-refractivity contribution in [1.82, 2.24) is 0 Å². The molecule has 0 aliphatic carbocycles. The maximum atomic E-state index is 6.80. The molecule has 154 valence electrons. The van der Waals surface area contributed by atoms with Crippen LogP contribution >= 0.6 is 22.6 Å². The van der Waals surface area contributed by atoms with E-state index in [1.54, 1.807) is 7.11 Å². The Balaban J connectivity index is 2.73. The predicted molar refractivity (Wildman–Crippen MR) is 126 cm³/mol. The second kappa shape index (κ2) is 11.0. The number of halogens is 1. The van der Waals surface area contributed by atoms with Crippen LogP contribution in [0.15, 0.2) is 34.4 Å². The zero-order valence-electron chi connectivity index (χ0n) is 18.2. The van der Waals surface area contributed by atoms with E-state index in [2.05, 4.69) is 92.6 Å². The van der Waals surface area contributed by atoms with Crippen molar-refractivity contribution in [3.8, 4) is 5.75 Å². The highest BCUT2D eigenvalue weighted by molar-refractivity contribution is 14.1. The van der Waals surface area contributed by atoms with Gasteiger partial charge < -0.3 is 13.9 Å². The third kappa shape index (κ3) is 7.87. The van der Waals surface area contributed by atoms with Crippen LogP contribution in [0.2, 0.25) is 18.1 Å². The first-order chi connectivity index (χ1) is 12.5. The normalized spacial score (nSPS) is 16.3. The Morgan fingerprint density at radius 3 is 2.19 bits per heavy atom. The van der Waals surface area contributed by atoms with Crippen molar-refractivity contribution in [3.63, 3.8) is 0 Å². The summed E-state index contributed by atoms with van der Waals surface area (Å²) in [5.41, 5.74) is 1.16. The van der Waals surface area contributed by atoms with Gasteiger partial charge in [-0.2, -0.15) is 0 Å². The summed E-state index contributed by atoms with van der Waals surface area (Å²) in [6, 6.07) is 8.04. The van der Waals surface area contributed by atoms with Crippen LogP contribution in [-0.2, 0) is 15.8 Å². The van der Waals surface area contributed by atoms with Crippen molar-refractivity contribution in [2.75, 3.05) is 13.7 Å². The number of rotatable bonds is 10. The molecule has 0 spiro atoms. The van der Waals surface area contributed by atoms with Gasteiger partial charge in [-0.15, -0.1) is 0 Å². The minimum atomic E-state index is -1.84. The molecule has 0 aromatic heterocycles. The number of benzene rings is 1. The molecule has 0 aliphatic rings. The van der Waals surface area contributed by atoms with E-state index in [1.807, 2.05) is 12.1 Å². The summed E-state index contributed by atoms with van der Waals surface area (Å²) in [6.07, 6.45) is 2.39. The summed E-state index contributed by atoms with van der Waals surface area (Å²) in [5, 5.41) is 0.197. The smallest absolute Gasteiger partial charge is 0.192 e. The van der Waals surface area contributed by atoms with Gasteiger partial charge in [0.1, 0.15) is 5.75 Å². The highest BCUT2D eigenvalue weighted by atomic mass is 127. The van der Waals surface area contributed by atoms with Crippen LogP contribution in [0, 0.1) is 11.8 Å². The molecule has 0 heterocycles. The highest BCUT2D eigenvalue weighted by Crippen LogP contribution is 2.39. The van der Waals surface area contributed by atoms with E-state index in [9.17, 15) is 0 Å². The Morgan fingerprint density at radius 1 is 1.11 bits per heavy atom. The quantitative estimate of drug-likeness (QED) is 0.258. The molecule has 3 atom stereocenters. The fourth-order valence-corrected chi connectivity index (χ4v) is 4.80. The van der Waals surface area contributed by atoms with Crippen molar-refractivity contribution in [2.45, 2.75) is 65.5 Å². The lowest BCUT2D eigenvalue weighted by atomic mass is 9.94. The van der Waals surface area contributed by atoms with E-state index in [1.165, 1.54) is 0 Å². The summed E-state index contributed by atoms with van der Waals surface area (Å²) in [4.78, 5) is 0. The Morgan fingerprint density at radius 2 is 1.70 bits per heavy atom. The number of ether oxygens (including phenoxy) is 2. The lowest BCUT2D eigenvalue weighted by Crippen LogP contribution is -2.47. The number of methoxy groups -OCH3 is 1. The van der Waals surface area contributed by atoms with Crippen molar-refractivity contribution >= 4 is 30.9 Å². The summed E-state index contributed by atoms with van der Waals surface area (Å²) >= 11 is 2.29. The van der Waals surface area contributed by atoms with Gasteiger partial charge in [0.05, 0.1) is 26.4 Å². The Labute approximate surface area is 181 Å². The van der Waals surface area contributed by atoms with Crippen LogP contribution in [0.25, 0.3) is 0 Å². The molecule has 0 unspecified atom stereocenters. The first-order valence-electron chi connectivity index (χ1n) is 9.67. The van der Waals surface area contributed by atoms with Gasteiger partial charge >= 0.3 is 0 Å². The van der Waals surface area contributed by atoms with Gasteiger partial charge in [0.25, 0.3) is 0 Å². The zero-order valence-corrected chi connectivity index (χ0v) is 21.4. The maximum absolute atomic E-state index is 6.80. The number of hydrogen-bond acceptors (Lipinski definition) is 3. The summed E-state index contributed by atoms with van der Waals surface area (Å²) < 4.78 is 20.1. The van der Waals surface area contributed by atoms with Crippen LogP contribution in [-0.4, -0.2) is 28.1 Å². The molecule has 27 heavy (non-hydrogen) atoms. The lowest BCUT2D eigenvalue weighted by molar-refractivity contribution is 0.0195. The molecule has 0 saturated carbocycles. The molecule has 1 aromatic carbocycles. The van der Waals surface area contributed by atoms with E-state index in [0.717, 1.165) is 11.3 Å². The molecule has 5 heteroatoms. The van der Waals surface area contributed by atoms with Crippen LogP contribution in [0.5, 0.6) is 5.75 Å². The molecule has 0 N–H and O–H groups in total. The van der Waals surface area contributed by atoms with Crippen LogP contribution in [0.3, 0.4) is 0 Å². The average Bonchev–Trinajstić information content (AvgIpc) is 2.59. The Bertz CT molecular complexity index is 578. The molecule has 0 aliphatic heterocycles. The second-order valence-electron chi connectivity index (χ2n) is 8.86. The first kappa shape index (κ1) is 24.7. The van der Waals surface area contributed by atoms with Gasteiger partial charge in [0.15, 0.2) is 8.32 Å². The molecule has 0 saturated heterocycles. The van der Waals surface area contributed by atoms with Crippen molar-refractivity contribution in [2.24, 2.45) is 11.8 Å². The van der Waals surface area contributed by atoms with E-state index < -0.39 is 8.32 Å². The molecular weight excluding hydrogens is 467 g/mol. The molecular formula is C22H37IO3Si. The van der Waals surface area contributed by atoms with Gasteiger partial charge in [0.2, 0.25) is 0 Å². The van der Waals surface area contributed by atoms with E-state index in [4.69, 9.17) is 13.9 Å². The fourth-order valence-electron chi connectivity index (χ4n) is 2.66. The Hall–Kier alpha value is -0.373. The number of hydrogen-bond donors (Lipinski definition) is 0. The molecule has 1 rings (SSSR count). The maximum Gasteiger partial charge on any atom is 0.192 e. The van der Waals surface area contributed by atoms with Crippen molar-refractivity contribution < 1.29 is 13.9 Å². The van der Waals surface area contributed by atoms with Gasteiger partial charge in [-0.3, -0.25) is 0 Å². The van der Waals surface area contributed by atoms with Crippen LogP contribution in [0.1, 0.15) is 40.2 Å². The monoisotopic (exact) mass is 504 g/mol. The van der Waals surface area contributed by atoms with Crippen LogP contribution < -0.4 is 4.74 Å². The fraction of sp³-hybridized carbons (Fsp3) is 0.636. The molecule has 0 amide bonds. The molecule has 0 fully saturated rings. The largest absolute Gasteiger partial charge is 0.497 e. The van der Waals surface area contributed by atoms with Crippen molar-refractivity contribution in [1.29, 1.82) is 0 Å². The Kier molecular flexibility index (Phi) is 10.0.